The highest BCUT2D eigenvalue weighted by Gasteiger charge is 2.22. The lowest BCUT2D eigenvalue weighted by Gasteiger charge is -2.27. The first-order valence-corrected chi connectivity index (χ1v) is 12.2. The van der Waals surface area contributed by atoms with Gasteiger partial charge in [0.2, 0.25) is 0 Å². The molecule has 0 N–H and O–H groups in total. The predicted molar refractivity (Wildman–Crippen MR) is 132 cm³/mol. The molecule has 36 heavy (non-hydrogen) atoms. The Bertz CT molecular complexity index is 1250. The minimum atomic E-state index is -2.51. The maximum absolute atomic E-state index is 12.6. The van der Waals surface area contributed by atoms with Crippen LogP contribution in [0.25, 0.3) is 11.3 Å². The van der Waals surface area contributed by atoms with Crippen molar-refractivity contribution in [3.05, 3.63) is 76.8 Å². The number of hydrogen-bond donors (Lipinski definition) is 0. The normalized spacial score (nSPS) is 17.6. The Balaban J connectivity index is 1.52. The highest BCUT2D eigenvalue weighted by Crippen LogP contribution is 2.36. The molecule has 1 fully saturated rings. The van der Waals surface area contributed by atoms with Crippen LogP contribution >= 0.6 is 0 Å². The first-order valence-electron chi connectivity index (χ1n) is 12.2. The van der Waals surface area contributed by atoms with Crippen LogP contribution in [0.5, 0.6) is 11.5 Å². The van der Waals surface area contributed by atoms with Gasteiger partial charge in [0.05, 0.1) is 32.1 Å². The van der Waals surface area contributed by atoms with Crippen molar-refractivity contribution in [2.45, 2.75) is 39.0 Å². The van der Waals surface area contributed by atoms with E-state index in [1.807, 2.05) is 55.5 Å². The van der Waals surface area contributed by atoms with E-state index in [4.69, 9.17) is 23.9 Å². The summed E-state index contributed by atoms with van der Waals surface area (Å²) in [6.45, 7) is 4.80. The monoisotopic (exact) mass is 496 g/mol. The Morgan fingerprint density at radius 3 is 2.72 bits per heavy atom. The second kappa shape index (κ2) is 11.2. The highest BCUT2D eigenvalue weighted by molar-refractivity contribution is 5.71. The molecular weight excluding hydrogens is 466 g/mol. The molecule has 0 saturated carbocycles. The molecule has 0 radical (unpaired) electrons. The van der Waals surface area contributed by atoms with Gasteiger partial charge in [0, 0.05) is 23.7 Å². The number of benzene rings is 2. The van der Waals surface area contributed by atoms with Crippen LogP contribution in [-0.4, -0.2) is 50.1 Å². The SMILES string of the molecule is Cc1c(OCc2ccccc2)c/c(=N\C[C@@H]2COCCO2)n2c1-c1ccc(OCC(F)F)cc1CC2. The van der Waals surface area contributed by atoms with E-state index in [0.717, 1.165) is 45.6 Å². The maximum Gasteiger partial charge on any atom is 0.272 e. The predicted octanol–water partition coefficient (Wildman–Crippen LogP) is 4.56. The van der Waals surface area contributed by atoms with Crippen LogP contribution < -0.4 is 15.0 Å². The van der Waals surface area contributed by atoms with Crippen molar-refractivity contribution in [3.63, 3.8) is 0 Å². The van der Waals surface area contributed by atoms with Crippen molar-refractivity contribution >= 4 is 0 Å². The van der Waals surface area contributed by atoms with Gasteiger partial charge in [-0.25, -0.2) is 8.78 Å². The third-order valence-electron chi connectivity index (χ3n) is 6.42. The van der Waals surface area contributed by atoms with Gasteiger partial charge >= 0.3 is 0 Å². The molecule has 0 unspecified atom stereocenters. The molecule has 0 bridgehead atoms. The number of pyridine rings is 1. The minimum absolute atomic E-state index is 0.0737. The number of aromatic nitrogens is 1. The van der Waals surface area contributed by atoms with Crippen molar-refractivity contribution in [2.24, 2.45) is 4.99 Å². The molecule has 0 aliphatic carbocycles. The summed E-state index contributed by atoms with van der Waals surface area (Å²) < 4.78 is 50.3. The van der Waals surface area contributed by atoms with Gasteiger partial charge in [-0.3, -0.25) is 4.99 Å². The molecule has 3 heterocycles. The molecule has 1 saturated heterocycles. The van der Waals surface area contributed by atoms with Gasteiger partial charge in [-0.2, -0.15) is 0 Å². The van der Waals surface area contributed by atoms with Crippen molar-refractivity contribution in [3.8, 4) is 22.8 Å². The summed E-state index contributed by atoms with van der Waals surface area (Å²) in [6.07, 6.45) is -1.84. The van der Waals surface area contributed by atoms with Gasteiger partial charge in [0.25, 0.3) is 6.43 Å². The Morgan fingerprint density at radius 2 is 1.94 bits per heavy atom. The van der Waals surface area contributed by atoms with E-state index in [1.165, 1.54) is 0 Å². The van der Waals surface area contributed by atoms with E-state index in [-0.39, 0.29) is 6.10 Å². The summed E-state index contributed by atoms with van der Waals surface area (Å²) in [4.78, 5) is 4.91. The fourth-order valence-electron chi connectivity index (χ4n) is 4.65. The van der Waals surface area contributed by atoms with Crippen LogP contribution in [0.1, 0.15) is 16.7 Å². The number of halogens is 2. The Hall–Kier alpha value is -3.23. The van der Waals surface area contributed by atoms with Gasteiger partial charge in [-0.05, 0) is 42.7 Å². The Labute approximate surface area is 209 Å². The summed E-state index contributed by atoms with van der Waals surface area (Å²) in [7, 11) is 0. The molecule has 3 aromatic rings. The van der Waals surface area contributed by atoms with Gasteiger partial charge in [-0.1, -0.05) is 30.3 Å². The molecule has 6 nitrogen and oxygen atoms in total. The quantitative estimate of drug-likeness (QED) is 0.459. The largest absolute Gasteiger partial charge is 0.488 e. The standard InChI is InChI=1S/C28H30F2N2O4/c1-19-25(36-16-20-5-3-2-4-6-20)14-27(31-15-23-17-33-11-12-34-23)32-10-9-21-13-22(35-18-26(29)30)7-8-24(21)28(19)32/h2-8,13-14,23,26H,9-12,15-18H2,1H3/b31-27+/t23-/m1/s1. The number of hydrogen-bond acceptors (Lipinski definition) is 5. The van der Waals surface area contributed by atoms with Crippen LogP contribution in [-0.2, 0) is 29.0 Å². The molecule has 0 spiro atoms. The smallest absolute Gasteiger partial charge is 0.272 e. The van der Waals surface area contributed by atoms with Crippen molar-refractivity contribution in [1.29, 1.82) is 0 Å². The van der Waals surface area contributed by atoms with Gasteiger partial charge in [0.15, 0.2) is 0 Å². The van der Waals surface area contributed by atoms with E-state index < -0.39 is 13.0 Å². The zero-order valence-corrected chi connectivity index (χ0v) is 20.3. The highest BCUT2D eigenvalue weighted by atomic mass is 19.3. The number of nitrogens with zero attached hydrogens (tertiary/aromatic N) is 2. The van der Waals surface area contributed by atoms with Crippen LogP contribution in [0.3, 0.4) is 0 Å². The fourth-order valence-corrected chi connectivity index (χ4v) is 4.65. The molecule has 0 amide bonds. The molecular formula is C28H30F2N2O4. The van der Waals surface area contributed by atoms with Crippen molar-refractivity contribution in [1.82, 2.24) is 4.57 Å². The molecule has 1 aromatic heterocycles. The fraction of sp³-hybridized carbons (Fsp3) is 0.393. The summed E-state index contributed by atoms with van der Waals surface area (Å²) in [5, 5.41) is 0. The number of fused-ring (bicyclic) bond motifs is 3. The summed E-state index contributed by atoms with van der Waals surface area (Å²) in [6, 6.07) is 17.6. The Morgan fingerprint density at radius 1 is 1.08 bits per heavy atom. The average Bonchev–Trinajstić information content (AvgIpc) is 2.91. The number of rotatable bonds is 8. The average molecular weight is 497 g/mol. The molecule has 2 aliphatic heterocycles. The molecule has 8 heteroatoms. The van der Waals surface area contributed by atoms with E-state index in [9.17, 15) is 8.78 Å². The van der Waals surface area contributed by atoms with Crippen LogP contribution in [0, 0.1) is 6.92 Å². The second-order valence-corrected chi connectivity index (χ2v) is 8.95. The van der Waals surface area contributed by atoms with Crippen LogP contribution in [0.4, 0.5) is 8.78 Å². The molecule has 2 aliphatic rings. The summed E-state index contributed by atoms with van der Waals surface area (Å²) >= 11 is 0. The number of ether oxygens (including phenoxy) is 4. The molecule has 190 valence electrons. The summed E-state index contributed by atoms with van der Waals surface area (Å²) in [5.74, 6) is 1.21. The first-order chi connectivity index (χ1) is 17.6. The lowest BCUT2D eigenvalue weighted by molar-refractivity contribution is -0.0835. The topological polar surface area (TPSA) is 54.2 Å². The van der Waals surface area contributed by atoms with Gasteiger partial charge < -0.3 is 23.5 Å². The molecule has 5 rings (SSSR count). The third-order valence-corrected chi connectivity index (χ3v) is 6.42. The van der Waals surface area contributed by atoms with E-state index in [1.54, 1.807) is 6.07 Å². The van der Waals surface area contributed by atoms with E-state index >= 15 is 0 Å². The van der Waals surface area contributed by atoms with Crippen LogP contribution in [0.15, 0.2) is 59.6 Å². The maximum atomic E-state index is 12.6. The zero-order chi connectivity index (χ0) is 24.9. The van der Waals surface area contributed by atoms with Gasteiger partial charge in [-0.15, -0.1) is 0 Å². The van der Waals surface area contributed by atoms with E-state index in [0.29, 0.717) is 45.3 Å². The van der Waals surface area contributed by atoms with Gasteiger partial charge in [0.1, 0.15) is 36.3 Å². The lowest BCUT2D eigenvalue weighted by atomic mass is 9.94. The first kappa shape index (κ1) is 24.5. The number of aryl methyl sites for hydroxylation is 1. The van der Waals surface area contributed by atoms with Crippen LogP contribution in [0.2, 0.25) is 0 Å². The second-order valence-electron chi connectivity index (χ2n) is 8.95. The summed E-state index contributed by atoms with van der Waals surface area (Å²) in [5.41, 5.74) is 6.00. The minimum Gasteiger partial charge on any atom is -0.488 e. The number of alkyl halides is 2. The molecule has 1 atom stereocenters. The van der Waals surface area contributed by atoms with Crippen molar-refractivity contribution < 1.29 is 27.7 Å². The van der Waals surface area contributed by atoms with Crippen molar-refractivity contribution in [2.75, 3.05) is 33.0 Å². The zero-order valence-electron chi connectivity index (χ0n) is 20.3. The third kappa shape index (κ3) is 5.60. The Kier molecular flexibility index (Phi) is 7.63. The molecule has 2 aromatic carbocycles. The van der Waals surface area contributed by atoms with E-state index in [2.05, 4.69) is 4.57 Å². The lowest BCUT2D eigenvalue weighted by Crippen LogP contribution is -2.33.